The quantitative estimate of drug-likeness (QED) is 0.514. The maximum absolute atomic E-state index is 13.5. The molecule has 8 heteroatoms. The van der Waals surface area contributed by atoms with Crippen molar-refractivity contribution < 1.29 is 27.9 Å². The van der Waals surface area contributed by atoms with Crippen LogP contribution in [0.3, 0.4) is 0 Å². The number of piperidine rings is 1. The Kier molecular flexibility index (Phi) is 7.77. The van der Waals surface area contributed by atoms with Crippen molar-refractivity contribution in [1.29, 1.82) is 0 Å². The van der Waals surface area contributed by atoms with E-state index in [9.17, 15) is 23.2 Å². The van der Waals surface area contributed by atoms with E-state index in [-0.39, 0.29) is 41.5 Å². The average Bonchev–Trinajstić information content (AvgIpc) is 3.76. The molecule has 1 heterocycles. The van der Waals surface area contributed by atoms with Gasteiger partial charge in [-0.1, -0.05) is 24.6 Å². The van der Waals surface area contributed by atoms with Gasteiger partial charge in [-0.05, 0) is 85.8 Å². The van der Waals surface area contributed by atoms with Crippen LogP contribution in [0, 0.1) is 29.4 Å². The molecular weight excluding hydrogens is 490 g/mol. The number of carbonyl (C=O) groups excluding carboxylic acids is 3. The molecule has 0 radical (unpaired) electrons. The highest BCUT2D eigenvalue weighted by Crippen LogP contribution is 2.48. The van der Waals surface area contributed by atoms with E-state index in [1.807, 2.05) is 29.2 Å². The summed E-state index contributed by atoms with van der Waals surface area (Å²) in [5.41, 5.74) is 2.54. The van der Waals surface area contributed by atoms with Gasteiger partial charge in [-0.3, -0.25) is 14.4 Å². The highest BCUT2D eigenvalue weighted by Gasteiger charge is 2.44. The van der Waals surface area contributed by atoms with Crippen LogP contribution >= 0.6 is 0 Å². The summed E-state index contributed by atoms with van der Waals surface area (Å²) < 4.78 is 31.6. The van der Waals surface area contributed by atoms with Crippen LogP contribution in [0.1, 0.15) is 67.9 Å². The van der Waals surface area contributed by atoms with Crippen LogP contribution in [-0.4, -0.2) is 42.9 Å². The summed E-state index contributed by atoms with van der Waals surface area (Å²) in [7, 11) is 1.40. The SMILES string of the molecule is COC(=O)C1CCCC(C(=O)N2CCC(c3ccc(NC(=O)C4CC4c4ccc(F)c(F)c4)cc3)CC2)C1. The number of likely N-dealkylation sites (tertiary alicyclic amines) is 1. The Hall–Kier alpha value is -3.29. The Morgan fingerprint density at radius 1 is 0.868 bits per heavy atom. The zero-order chi connectivity index (χ0) is 26.8. The Bertz CT molecular complexity index is 1190. The first-order valence-electron chi connectivity index (χ1n) is 13.6. The fourth-order valence-corrected chi connectivity index (χ4v) is 6.16. The Morgan fingerprint density at radius 3 is 2.24 bits per heavy atom. The fourth-order valence-electron chi connectivity index (χ4n) is 6.16. The lowest BCUT2D eigenvalue weighted by atomic mass is 9.80. The lowest BCUT2D eigenvalue weighted by Gasteiger charge is -2.36. The molecule has 1 saturated heterocycles. The first-order chi connectivity index (χ1) is 18.3. The number of esters is 1. The lowest BCUT2D eigenvalue weighted by Crippen LogP contribution is -2.43. The molecular formula is C30H34F2N2O4. The summed E-state index contributed by atoms with van der Waals surface area (Å²) in [5.74, 6) is -2.18. The number of hydrogen-bond donors (Lipinski definition) is 1. The van der Waals surface area contributed by atoms with Gasteiger partial charge in [0.2, 0.25) is 11.8 Å². The minimum Gasteiger partial charge on any atom is -0.469 e. The van der Waals surface area contributed by atoms with Crippen molar-refractivity contribution in [2.45, 2.75) is 56.8 Å². The summed E-state index contributed by atoms with van der Waals surface area (Å²) in [6.45, 7) is 1.41. The third-order valence-corrected chi connectivity index (χ3v) is 8.51. The number of benzene rings is 2. The third-order valence-electron chi connectivity index (χ3n) is 8.51. The van der Waals surface area contributed by atoms with Gasteiger partial charge in [-0.15, -0.1) is 0 Å². The number of methoxy groups -OCH3 is 1. The number of amides is 2. The monoisotopic (exact) mass is 524 g/mol. The number of nitrogens with one attached hydrogen (secondary N) is 1. The van der Waals surface area contributed by atoms with E-state index in [4.69, 9.17) is 4.74 Å². The van der Waals surface area contributed by atoms with Gasteiger partial charge in [-0.25, -0.2) is 8.78 Å². The van der Waals surface area contributed by atoms with Gasteiger partial charge in [0.05, 0.1) is 13.0 Å². The van der Waals surface area contributed by atoms with E-state index < -0.39 is 11.6 Å². The number of hydrogen-bond acceptors (Lipinski definition) is 4. The first-order valence-corrected chi connectivity index (χ1v) is 13.6. The smallest absolute Gasteiger partial charge is 0.308 e. The van der Waals surface area contributed by atoms with Crippen molar-refractivity contribution in [3.8, 4) is 0 Å². The van der Waals surface area contributed by atoms with Gasteiger partial charge >= 0.3 is 5.97 Å². The van der Waals surface area contributed by atoms with Gasteiger partial charge in [0, 0.05) is 30.6 Å². The number of ether oxygens (including phenoxy) is 1. The van der Waals surface area contributed by atoms with E-state index >= 15 is 0 Å². The predicted octanol–water partition coefficient (Wildman–Crippen LogP) is 5.39. The standard InChI is InChI=1S/C30H34F2N2O4/c1-38-30(37)22-4-2-3-21(15-22)29(36)34-13-11-19(12-14-34)18-5-8-23(9-6-18)33-28(35)25-17-24(25)20-7-10-26(31)27(32)16-20/h5-10,16,19,21-22,24-25H,2-4,11-15,17H2,1H3,(H,33,35). The zero-order valence-corrected chi connectivity index (χ0v) is 21.6. The Balaban J connectivity index is 1.09. The highest BCUT2D eigenvalue weighted by atomic mass is 19.2. The van der Waals surface area contributed by atoms with Crippen molar-refractivity contribution >= 4 is 23.5 Å². The predicted molar refractivity (Wildman–Crippen MR) is 138 cm³/mol. The fraction of sp³-hybridized carbons (Fsp3) is 0.500. The second kappa shape index (κ2) is 11.2. The van der Waals surface area contributed by atoms with E-state index in [0.717, 1.165) is 38.2 Å². The van der Waals surface area contributed by atoms with Crippen LogP contribution in [0.5, 0.6) is 0 Å². The Labute approximate surface area is 221 Å². The van der Waals surface area contributed by atoms with Crippen molar-refractivity contribution in [3.05, 3.63) is 65.2 Å². The van der Waals surface area contributed by atoms with Crippen LogP contribution in [0.15, 0.2) is 42.5 Å². The van der Waals surface area contributed by atoms with Crippen LogP contribution < -0.4 is 5.32 Å². The molecule has 3 aliphatic rings. The molecule has 4 unspecified atom stereocenters. The van der Waals surface area contributed by atoms with E-state index in [1.165, 1.54) is 24.8 Å². The molecule has 0 bridgehead atoms. The number of rotatable bonds is 6. The third kappa shape index (κ3) is 5.74. The van der Waals surface area contributed by atoms with E-state index in [2.05, 4.69) is 5.32 Å². The molecule has 2 aliphatic carbocycles. The molecule has 5 rings (SSSR count). The maximum atomic E-state index is 13.5. The van der Waals surface area contributed by atoms with Gasteiger partial charge in [0.25, 0.3) is 0 Å². The summed E-state index contributed by atoms with van der Waals surface area (Å²) in [4.78, 5) is 39.6. The average molecular weight is 525 g/mol. The topological polar surface area (TPSA) is 75.7 Å². The van der Waals surface area contributed by atoms with Crippen molar-refractivity contribution in [3.63, 3.8) is 0 Å². The van der Waals surface area contributed by atoms with Gasteiger partial charge in [0.15, 0.2) is 11.6 Å². The van der Waals surface area contributed by atoms with Crippen molar-refractivity contribution in [2.24, 2.45) is 17.8 Å². The van der Waals surface area contributed by atoms with Crippen LogP contribution in [0.4, 0.5) is 14.5 Å². The molecule has 0 spiro atoms. The summed E-state index contributed by atoms with van der Waals surface area (Å²) in [6.07, 6.45) is 5.47. The van der Waals surface area contributed by atoms with Crippen LogP contribution in [0.2, 0.25) is 0 Å². The molecule has 2 aromatic carbocycles. The van der Waals surface area contributed by atoms with Crippen molar-refractivity contribution in [1.82, 2.24) is 4.90 Å². The summed E-state index contributed by atoms with van der Waals surface area (Å²) in [5, 5.41) is 2.94. The molecule has 6 nitrogen and oxygen atoms in total. The molecule has 2 aromatic rings. The summed E-state index contributed by atoms with van der Waals surface area (Å²) in [6, 6.07) is 11.7. The molecule has 1 N–H and O–H groups in total. The lowest BCUT2D eigenvalue weighted by molar-refractivity contribution is -0.148. The minimum absolute atomic E-state index is 0.0859. The molecule has 38 heavy (non-hydrogen) atoms. The van der Waals surface area contributed by atoms with E-state index in [1.54, 1.807) is 0 Å². The van der Waals surface area contributed by atoms with Crippen LogP contribution in [-0.2, 0) is 19.1 Å². The molecule has 1 aliphatic heterocycles. The first kappa shape index (κ1) is 26.3. The second-order valence-electron chi connectivity index (χ2n) is 10.9. The molecule has 2 saturated carbocycles. The maximum Gasteiger partial charge on any atom is 0.308 e. The van der Waals surface area contributed by atoms with Gasteiger partial charge < -0.3 is 15.0 Å². The molecule has 0 aromatic heterocycles. The summed E-state index contributed by atoms with van der Waals surface area (Å²) >= 11 is 0. The van der Waals surface area contributed by atoms with Crippen LogP contribution in [0.25, 0.3) is 0 Å². The Morgan fingerprint density at radius 2 is 1.55 bits per heavy atom. The van der Waals surface area contributed by atoms with E-state index in [0.29, 0.717) is 43.1 Å². The largest absolute Gasteiger partial charge is 0.469 e. The highest BCUT2D eigenvalue weighted by molar-refractivity contribution is 5.95. The van der Waals surface area contributed by atoms with Gasteiger partial charge in [0.1, 0.15) is 0 Å². The molecule has 4 atom stereocenters. The minimum atomic E-state index is -0.888. The van der Waals surface area contributed by atoms with Crippen molar-refractivity contribution in [2.75, 3.05) is 25.5 Å². The number of anilines is 1. The van der Waals surface area contributed by atoms with Gasteiger partial charge in [-0.2, -0.15) is 0 Å². The zero-order valence-electron chi connectivity index (χ0n) is 21.6. The second-order valence-corrected chi connectivity index (χ2v) is 10.9. The molecule has 2 amide bonds. The number of nitrogens with zero attached hydrogens (tertiary/aromatic N) is 1. The molecule has 3 fully saturated rings. The number of carbonyl (C=O) groups is 3. The number of halogens is 2. The normalized spacial score (nSPS) is 25.5. The molecule has 202 valence electrons.